The number of esters is 2. The summed E-state index contributed by atoms with van der Waals surface area (Å²) in [5.74, 6) is -2.47. The molecule has 0 saturated carbocycles. The summed E-state index contributed by atoms with van der Waals surface area (Å²) in [5, 5.41) is 0. The summed E-state index contributed by atoms with van der Waals surface area (Å²) >= 11 is 0. The lowest BCUT2D eigenvalue weighted by Gasteiger charge is -2.22. The van der Waals surface area contributed by atoms with Gasteiger partial charge in [-0.3, -0.25) is 9.59 Å². The molecule has 1 saturated heterocycles. The van der Waals surface area contributed by atoms with Gasteiger partial charge in [-0.05, 0) is 5.41 Å². The van der Waals surface area contributed by atoms with Crippen molar-refractivity contribution in [3.8, 4) is 0 Å². The molecule has 2 heterocycles. The summed E-state index contributed by atoms with van der Waals surface area (Å²) in [6.45, 7) is 6.22. The zero-order valence-corrected chi connectivity index (χ0v) is 13.9. The topological polar surface area (TPSA) is 80.3 Å². The third-order valence-electron chi connectivity index (χ3n) is 3.58. The molecule has 0 radical (unpaired) electrons. The minimum absolute atomic E-state index is 0.0167. The molecule has 0 aromatic carbocycles. The monoisotopic (exact) mass is 328 g/mol. The van der Waals surface area contributed by atoms with Gasteiger partial charge < -0.3 is 23.7 Å². The largest absolute Gasteiger partial charge is 0.438 e. The predicted molar refractivity (Wildman–Crippen MR) is 79.1 cm³/mol. The van der Waals surface area contributed by atoms with E-state index in [1.165, 1.54) is 7.11 Å². The second-order valence-electron chi connectivity index (χ2n) is 6.86. The van der Waals surface area contributed by atoms with Crippen molar-refractivity contribution >= 4 is 11.9 Å². The molecule has 2 aliphatic rings. The van der Waals surface area contributed by atoms with Gasteiger partial charge in [0.25, 0.3) is 0 Å². The molecule has 23 heavy (non-hydrogen) atoms. The van der Waals surface area contributed by atoms with Crippen LogP contribution in [-0.4, -0.2) is 51.4 Å². The van der Waals surface area contributed by atoms with E-state index in [1.54, 1.807) is 12.2 Å². The second-order valence-corrected chi connectivity index (χ2v) is 6.86. The molecule has 1 fully saturated rings. The van der Waals surface area contributed by atoms with Crippen molar-refractivity contribution < 1.29 is 33.3 Å². The van der Waals surface area contributed by atoms with Crippen molar-refractivity contribution in [2.75, 3.05) is 27.3 Å². The molecule has 7 heteroatoms. The fourth-order valence-electron chi connectivity index (χ4n) is 2.63. The van der Waals surface area contributed by atoms with Crippen LogP contribution in [0.15, 0.2) is 12.2 Å². The van der Waals surface area contributed by atoms with Gasteiger partial charge in [-0.15, -0.1) is 0 Å². The van der Waals surface area contributed by atoms with E-state index in [1.807, 2.05) is 20.8 Å². The van der Waals surface area contributed by atoms with Crippen molar-refractivity contribution in [2.45, 2.75) is 33.0 Å². The van der Waals surface area contributed by atoms with Gasteiger partial charge in [-0.25, -0.2) is 0 Å². The Balaban J connectivity index is 1.89. The van der Waals surface area contributed by atoms with Gasteiger partial charge in [0.15, 0.2) is 13.6 Å². The highest BCUT2D eigenvalue weighted by Crippen LogP contribution is 2.40. The van der Waals surface area contributed by atoms with E-state index < -0.39 is 36.0 Å². The van der Waals surface area contributed by atoms with Gasteiger partial charge in [0.1, 0.15) is 11.8 Å². The van der Waals surface area contributed by atoms with Crippen LogP contribution >= 0.6 is 0 Å². The fourth-order valence-corrected chi connectivity index (χ4v) is 2.63. The first-order valence-corrected chi connectivity index (χ1v) is 7.57. The Morgan fingerprint density at radius 1 is 1.00 bits per heavy atom. The standard InChI is InChI=1S/C16H24O7/c1-16(2,3)7-20-9-22-15(18)13-11-6-5-10(23-11)12(13)14(17)21-8-19-4/h5-6,10-13H,7-9H2,1-4H3. The first-order chi connectivity index (χ1) is 10.8. The van der Waals surface area contributed by atoms with Crippen LogP contribution in [0.3, 0.4) is 0 Å². The highest BCUT2D eigenvalue weighted by Gasteiger charge is 2.54. The molecule has 4 atom stereocenters. The van der Waals surface area contributed by atoms with Gasteiger partial charge in [0.05, 0.1) is 18.8 Å². The van der Waals surface area contributed by atoms with E-state index in [2.05, 4.69) is 0 Å². The lowest BCUT2D eigenvalue weighted by molar-refractivity contribution is -0.172. The minimum atomic E-state index is -0.715. The van der Waals surface area contributed by atoms with Gasteiger partial charge >= 0.3 is 11.9 Å². The van der Waals surface area contributed by atoms with Crippen LogP contribution in [0.2, 0.25) is 0 Å². The van der Waals surface area contributed by atoms with Crippen LogP contribution in [0.1, 0.15) is 20.8 Å². The molecule has 0 aromatic heterocycles. The average Bonchev–Trinajstić information content (AvgIpc) is 3.08. The summed E-state index contributed by atoms with van der Waals surface area (Å²) in [7, 11) is 1.42. The maximum atomic E-state index is 12.3. The lowest BCUT2D eigenvalue weighted by Crippen LogP contribution is -2.38. The smallest absolute Gasteiger partial charge is 0.315 e. The molecule has 2 bridgehead atoms. The number of hydrogen-bond acceptors (Lipinski definition) is 7. The Morgan fingerprint density at radius 2 is 1.52 bits per heavy atom. The SMILES string of the molecule is COCOC(=O)C1C2C=CC(O2)C1C(=O)OCOCC(C)(C)C. The molecule has 4 unspecified atom stereocenters. The number of carbonyl (C=O) groups is 2. The molecule has 0 aliphatic carbocycles. The van der Waals surface area contributed by atoms with Gasteiger partial charge in [0.2, 0.25) is 0 Å². The Bertz CT molecular complexity index is 466. The third-order valence-corrected chi connectivity index (χ3v) is 3.58. The average molecular weight is 328 g/mol. The Kier molecular flexibility index (Phi) is 5.78. The van der Waals surface area contributed by atoms with Crippen LogP contribution in [-0.2, 0) is 33.3 Å². The molecule has 0 aromatic rings. The maximum absolute atomic E-state index is 12.3. The van der Waals surface area contributed by atoms with Crippen LogP contribution in [0, 0.1) is 17.3 Å². The molecular weight excluding hydrogens is 304 g/mol. The van der Waals surface area contributed by atoms with Crippen molar-refractivity contribution in [3.63, 3.8) is 0 Å². The molecule has 0 N–H and O–H groups in total. The molecule has 0 amide bonds. The van der Waals surface area contributed by atoms with Crippen molar-refractivity contribution in [2.24, 2.45) is 17.3 Å². The normalized spacial score (nSPS) is 28.9. The maximum Gasteiger partial charge on any atom is 0.315 e. The highest BCUT2D eigenvalue weighted by molar-refractivity contribution is 5.85. The van der Waals surface area contributed by atoms with Gasteiger partial charge in [-0.1, -0.05) is 32.9 Å². The lowest BCUT2D eigenvalue weighted by atomic mass is 9.83. The third kappa shape index (κ3) is 4.53. The highest BCUT2D eigenvalue weighted by atomic mass is 16.7. The van der Waals surface area contributed by atoms with E-state index in [-0.39, 0.29) is 19.0 Å². The zero-order chi connectivity index (χ0) is 17.0. The first-order valence-electron chi connectivity index (χ1n) is 7.57. The quantitative estimate of drug-likeness (QED) is 0.301. The second kappa shape index (κ2) is 7.42. The molecule has 2 aliphatic heterocycles. The first kappa shape index (κ1) is 17.9. The summed E-state index contributed by atoms with van der Waals surface area (Å²) in [6.07, 6.45) is 2.61. The summed E-state index contributed by atoms with van der Waals surface area (Å²) < 4.78 is 25.7. The molecule has 130 valence electrons. The van der Waals surface area contributed by atoms with Crippen LogP contribution in [0.4, 0.5) is 0 Å². The van der Waals surface area contributed by atoms with Crippen molar-refractivity contribution in [1.29, 1.82) is 0 Å². The van der Waals surface area contributed by atoms with E-state index in [9.17, 15) is 9.59 Å². The summed E-state index contributed by atoms with van der Waals surface area (Å²) in [4.78, 5) is 24.4. The van der Waals surface area contributed by atoms with E-state index in [4.69, 9.17) is 23.7 Å². The summed E-state index contributed by atoms with van der Waals surface area (Å²) in [6, 6.07) is 0. The van der Waals surface area contributed by atoms with Crippen LogP contribution < -0.4 is 0 Å². The molecule has 7 nitrogen and oxygen atoms in total. The summed E-state index contributed by atoms with van der Waals surface area (Å²) in [5.41, 5.74) is -0.0167. The molecule has 0 spiro atoms. The Morgan fingerprint density at radius 3 is 2.00 bits per heavy atom. The van der Waals surface area contributed by atoms with Gasteiger partial charge in [0, 0.05) is 7.11 Å². The zero-order valence-electron chi connectivity index (χ0n) is 13.9. The predicted octanol–water partition coefficient (Wildman–Crippen LogP) is 1.27. The van der Waals surface area contributed by atoms with Gasteiger partial charge in [-0.2, -0.15) is 0 Å². The fraction of sp³-hybridized carbons (Fsp3) is 0.750. The number of fused-ring (bicyclic) bond motifs is 2. The number of hydrogen-bond donors (Lipinski definition) is 0. The van der Waals surface area contributed by atoms with Crippen LogP contribution in [0.5, 0.6) is 0 Å². The minimum Gasteiger partial charge on any atom is -0.438 e. The Hall–Kier alpha value is -1.44. The number of ether oxygens (including phenoxy) is 5. The number of carbonyl (C=O) groups excluding carboxylic acids is 2. The van der Waals surface area contributed by atoms with E-state index >= 15 is 0 Å². The Labute approximate surface area is 135 Å². The van der Waals surface area contributed by atoms with Crippen molar-refractivity contribution in [1.82, 2.24) is 0 Å². The number of rotatable bonds is 7. The van der Waals surface area contributed by atoms with E-state index in [0.29, 0.717) is 6.61 Å². The van der Waals surface area contributed by atoms with Crippen LogP contribution in [0.25, 0.3) is 0 Å². The molecular formula is C16H24O7. The van der Waals surface area contributed by atoms with E-state index in [0.717, 1.165) is 0 Å². The number of methoxy groups -OCH3 is 1. The molecule has 2 rings (SSSR count). The van der Waals surface area contributed by atoms with Crippen molar-refractivity contribution in [3.05, 3.63) is 12.2 Å².